The summed E-state index contributed by atoms with van der Waals surface area (Å²) in [4.78, 5) is 0. The van der Waals surface area contributed by atoms with E-state index < -0.39 is 0 Å². The fraction of sp³-hybridized carbons (Fsp3) is 0.222. The van der Waals surface area contributed by atoms with Gasteiger partial charge in [-0.15, -0.1) is 0 Å². The molecule has 0 aliphatic carbocycles. The lowest BCUT2D eigenvalue weighted by molar-refractivity contribution is 0.624. The first-order chi connectivity index (χ1) is 5.25. The Balaban J connectivity index is 3.03. The van der Waals surface area contributed by atoms with Crippen LogP contribution in [-0.2, 0) is 0 Å². The Bertz CT molecular complexity index is 268. The second-order valence-corrected chi connectivity index (χ2v) is 2.31. The van der Waals surface area contributed by atoms with Crippen molar-refractivity contribution in [3.05, 3.63) is 35.6 Å². The lowest BCUT2D eigenvalue weighted by Gasteiger charge is -2.00. The van der Waals surface area contributed by atoms with Crippen LogP contribution in [0.1, 0.15) is 18.9 Å². The normalized spacial score (nSPS) is 9.64. The summed E-state index contributed by atoms with van der Waals surface area (Å²) in [6, 6.07) is 6.37. The monoisotopic (exact) mass is 151 g/mol. The highest BCUT2D eigenvalue weighted by atomic mass is 19.1. The molecule has 0 saturated carbocycles. The first kappa shape index (κ1) is 7.92. The van der Waals surface area contributed by atoms with Gasteiger partial charge in [-0.05, 0) is 12.5 Å². The molecule has 1 aromatic rings. The first-order valence-corrected chi connectivity index (χ1v) is 3.58. The molecule has 1 rings (SSSR count). The smallest absolute Gasteiger partial charge is 0.132 e. The standard InChI is InChI=1S/C9H10FN/c1-2-9(11)7-5-3-4-6-8(7)10/h3-6,11H,2H2,1H3. The Hall–Kier alpha value is -1.18. The van der Waals surface area contributed by atoms with Crippen molar-refractivity contribution in [3.8, 4) is 0 Å². The van der Waals surface area contributed by atoms with Crippen LogP contribution >= 0.6 is 0 Å². The summed E-state index contributed by atoms with van der Waals surface area (Å²) in [7, 11) is 0. The maximum Gasteiger partial charge on any atom is 0.132 e. The third kappa shape index (κ3) is 1.64. The number of hydrogen-bond acceptors (Lipinski definition) is 1. The van der Waals surface area contributed by atoms with Gasteiger partial charge in [-0.25, -0.2) is 4.39 Å². The molecule has 0 aliphatic heterocycles. The van der Waals surface area contributed by atoms with Crippen molar-refractivity contribution in [2.75, 3.05) is 0 Å². The topological polar surface area (TPSA) is 23.9 Å². The molecule has 0 heterocycles. The minimum absolute atomic E-state index is 0.306. The summed E-state index contributed by atoms with van der Waals surface area (Å²) in [5.41, 5.74) is 0.762. The summed E-state index contributed by atoms with van der Waals surface area (Å²) < 4.78 is 12.9. The Morgan fingerprint density at radius 2 is 2.09 bits per heavy atom. The van der Waals surface area contributed by atoms with Gasteiger partial charge in [0, 0.05) is 11.3 Å². The lowest BCUT2D eigenvalue weighted by Crippen LogP contribution is -1.99. The summed E-state index contributed by atoms with van der Waals surface area (Å²) in [6.45, 7) is 1.84. The minimum Gasteiger partial charge on any atom is -0.305 e. The van der Waals surface area contributed by atoms with Crippen LogP contribution < -0.4 is 0 Å². The quantitative estimate of drug-likeness (QED) is 0.628. The Labute approximate surface area is 65.4 Å². The average molecular weight is 151 g/mol. The molecule has 0 atom stereocenters. The number of rotatable bonds is 2. The zero-order chi connectivity index (χ0) is 8.27. The van der Waals surface area contributed by atoms with Gasteiger partial charge in [-0.1, -0.05) is 25.1 Å². The molecule has 58 valence electrons. The summed E-state index contributed by atoms with van der Waals surface area (Å²) in [5, 5.41) is 7.38. The van der Waals surface area contributed by atoms with Crippen molar-refractivity contribution >= 4 is 5.71 Å². The van der Waals surface area contributed by atoms with E-state index in [0.29, 0.717) is 17.7 Å². The third-order valence-electron chi connectivity index (χ3n) is 1.55. The highest BCUT2D eigenvalue weighted by molar-refractivity contribution is 5.98. The summed E-state index contributed by atoms with van der Waals surface area (Å²) in [6.07, 6.45) is 0.570. The van der Waals surface area contributed by atoms with Crippen LogP contribution in [0.2, 0.25) is 0 Å². The van der Waals surface area contributed by atoms with E-state index in [1.54, 1.807) is 18.2 Å². The van der Waals surface area contributed by atoms with Gasteiger partial charge in [0.25, 0.3) is 0 Å². The molecule has 2 heteroatoms. The number of benzene rings is 1. The number of nitrogens with one attached hydrogen (secondary N) is 1. The lowest BCUT2D eigenvalue weighted by atomic mass is 10.1. The van der Waals surface area contributed by atoms with E-state index in [2.05, 4.69) is 0 Å². The Morgan fingerprint density at radius 1 is 1.45 bits per heavy atom. The van der Waals surface area contributed by atoms with E-state index in [0.717, 1.165) is 0 Å². The van der Waals surface area contributed by atoms with Crippen LogP contribution in [0.25, 0.3) is 0 Å². The van der Waals surface area contributed by atoms with Crippen molar-refractivity contribution in [3.63, 3.8) is 0 Å². The molecule has 0 amide bonds. The molecule has 0 saturated heterocycles. The van der Waals surface area contributed by atoms with E-state index in [9.17, 15) is 4.39 Å². The summed E-state index contributed by atoms with van der Waals surface area (Å²) >= 11 is 0. The first-order valence-electron chi connectivity index (χ1n) is 3.58. The predicted octanol–water partition coefficient (Wildman–Crippen LogP) is 2.60. The van der Waals surface area contributed by atoms with Gasteiger partial charge in [0.2, 0.25) is 0 Å². The molecule has 0 aromatic heterocycles. The number of halogens is 1. The molecule has 1 nitrogen and oxygen atoms in total. The maximum absolute atomic E-state index is 12.9. The molecular weight excluding hydrogens is 141 g/mol. The van der Waals surface area contributed by atoms with Crippen LogP contribution in [0, 0.1) is 11.2 Å². The molecule has 11 heavy (non-hydrogen) atoms. The van der Waals surface area contributed by atoms with Gasteiger partial charge >= 0.3 is 0 Å². The fourth-order valence-corrected chi connectivity index (χ4v) is 0.896. The largest absolute Gasteiger partial charge is 0.305 e. The average Bonchev–Trinajstić information content (AvgIpc) is 2.04. The zero-order valence-corrected chi connectivity index (χ0v) is 6.39. The maximum atomic E-state index is 12.9. The summed E-state index contributed by atoms with van der Waals surface area (Å²) in [5.74, 6) is -0.306. The van der Waals surface area contributed by atoms with Crippen LogP contribution in [0.3, 0.4) is 0 Å². The van der Waals surface area contributed by atoms with Gasteiger partial charge in [0.05, 0.1) is 0 Å². The van der Waals surface area contributed by atoms with Crippen molar-refractivity contribution in [1.29, 1.82) is 5.41 Å². The second-order valence-electron chi connectivity index (χ2n) is 2.31. The fourth-order valence-electron chi connectivity index (χ4n) is 0.896. The van der Waals surface area contributed by atoms with Gasteiger partial charge in [-0.2, -0.15) is 0 Å². The number of hydrogen-bond donors (Lipinski definition) is 1. The third-order valence-corrected chi connectivity index (χ3v) is 1.55. The van der Waals surface area contributed by atoms with Crippen LogP contribution in [0.4, 0.5) is 4.39 Å². The van der Waals surface area contributed by atoms with E-state index in [1.807, 2.05) is 6.92 Å². The van der Waals surface area contributed by atoms with Crippen molar-refractivity contribution in [2.45, 2.75) is 13.3 Å². The molecule has 0 fully saturated rings. The van der Waals surface area contributed by atoms with Gasteiger partial charge < -0.3 is 5.41 Å². The molecule has 1 N–H and O–H groups in total. The minimum atomic E-state index is -0.306. The Kier molecular flexibility index (Phi) is 2.36. The van der Waals surface area contributed by atoms with Crippen LogP contribution in [0.15, 0.2) is 24.3 Å². The molecule has 0 aliphatic rings. The molecular formula is C9H10FN. The van der Waals surface area contributed by atoms with E-state index in [4.69, 9.17) is 5.41 Å². The highest BCUT2D eigenvalue weighted by Crippen LogP contribution is 2.08. The van der Waals surface area contributed by atoms with Crippen LogP contribution in [0.5, 0.6) is 0 Å². The van der Waals surface area contributed by atoms with E-state index >= 15 is 0 Å². The van der Waals surface area contributed by atoms with Crippen molar-refractivity contribution < 1.29 is 4.39 Å². The van der Waals surface area contributed by atoms with Crippen LogP contribution in [-0.4, -0.2) is 5.71 Å². The van der Waals surface area contributed by atoms with E-state index in [1.165, 1.54) is 6.07 Å². The zero-order valence-electron chi connectivity index (χ0n) is 6.39. The molecule has 0 unspecified atom stereocenters. The highest BCUT2D eigenvalue weighted by Gasteiger charge is 2.03. The van der Waals surface area contributed by atoms with Crippen molar-refractivity contribution in [1.82, 2.24) is 0 Å². The van der Waals surface area contributed by atoms with E-state index in [-0.39, 0.29) is 5.82 Å². The Morgan fingerprint density at radius 3 is 2.64 bits per heavy atom. The predicted molar refractivity (Wildman–Crippen MR) is 43.5 cm³/mol. The second kappa shape index (κ2) is 3.28. The van der Waals surface area contributed by atoms with Gasteiger partial charge in [0.15, 0.2) is 0 Å². The molecule has 0 spiro atoms. The molecule has 0 radical (unpaired) electrons. The molecule has 1 aromatic carbocycles. The SMILES string of the molecule is CCC(=N)c1ccccc1F. The van der Waals surface area contributed by atoms with Gasteiger partial charge in [-0.3, -0.25) is 0 Å². The van der Waals surface area contributed by atoms with Crippen molar-refractivity contribution in [2.24, 2.45) is 0 Å². The van der Waals surface area contributed by atoms with Gasteiger partial charge in [0.1, 0.15) is 5.82 Å². The molecule has 0 bridgehead atoms.